The molecule has 0 aromatic carbocycles. The first-order valence-electron chi connectivity index (χ1n) is 6.76. The van der Waals surface area contributed by atoms with E-state index in [1.54, 1.807) is 12.8 Å². The van der Waals surface area contributed by atoms with E-state index in [9.17, 15) is 0 Å². The Morgan fingerprint density at radius 3 is 2.36 bits per heavy atom. The van der Waals surface area contributed by atoms with Crippen LogP contribution in [-0.4, -0.2) is 0 Å². The van der Waals surface area contributed by atoms with E-state index in [1.807, 2.05) is 0 Å². The molecule has 0 aromatic heterocycles. The molecule has 14 heavy (non-hydrogen) atoms. The summed E-state index contributed by atoms with van der Waals surface area (Å²) in [5.74, 6) is 3.17. The molecule has 1 fully saturated rings. The Balaban J connectivity index is 1.90. The molecule has 0 heterocycles. The van der Waals surface area contributed by atoms with Crippen molar-refractivity contribution < 1.29 is 0 Å². The normalized spacial score (nSPS) is 28.5. The summed E-state index contributed by atoms with van der Waals surface area (Å²) in [7, 11) is 0. The smallest absolute Gasteiger partial charge is 0.0409 e. The molecule has 1 aliphatic carbocycles. The van der Waals surface area contributed by atoms with Crippen LogP contribution in [0.2, 0.25) is 0 Å². The van der Waals surface area contributed by atoms with E-state index in [-0.39, 0.29) is 0 Å². The highest BCUT2D eigenvalue weighted by Crippen LogP contribution is 2.39. The molecule has 84 valence electrons. The molecule has 1 unspecified atom stereocenters. The third-order valence-electron chi connectivity index (χ3n) is 4.00. The van der Waals surface area contributed by atoms with Crippen LogP contribution < -0.4 is 0 Å². The first kappa shape index (κ1) is 12.1. The Labute approximate surface area is 90.5 Å². The van der Waals surface area contributed by atoms with Gasteiger partial charge >= 0.3 is 0 Å². The quantitative estimate of drug-likeness (QED) is 0.536. The van der Waals surface area contributed by atoms with E-state index in [1.165, 1.54) is 38.5 Å². The highest BCUT2D eigenvalue weighted by Gasteiger charge is 2.26. The topological polar surface area (TPSA) is 0 Å². The van der Waals surface area contributed by atoms with Crippen LogP contribution in [0.25, 0.3) is 0 Å². The standard InChI is InChI=1S/C14H28/c1-4-7-12(3)8-6-9-14-10-13(5-2)11-14/h12-14H,4-11H2,1-3H3. The van der Waals surface area contributed by atoms with Gasteiger partial charge < -0.3 is 0 Å². The van der Waals surface area contributed by atoms with Crippen molar-refractivity contribution in [2.24, 2.45) is 17.8 Å². The Morgan fingerprint density at radius 1 is 1.07 bits per heavy atom. The third-order valence-corrected chi connectivity index (χ3v) is 4.00. The second kappa shape index (κ2) is 6.48. The van der Waals surface area contributed by atoms with Gasteiger partial charge in [-0.15, -0.1) is 0 Å². The number of hydrogen-bond donors (Lipinski definition) is 0. The van der Waals surface area contributed by atoms with Crippen LogP contribution in [-0.2, 0) is 0 Å². The molecule has 1 saturated carbocycles. The second-order valence-electron chi connectivity index (χ2n) is 5.44. The third kappa shape index (κ3) is 4.02. The fourth-order valence-electron chi connectivity index (χ4n) is 2.83. The molecule has 0 N–H and O–H groups in total. The molecule has 1 atom stereocenters. The van der Waals surface area contributed by atoms with Gasteiger partial charge in [-0.3, -0.25) is 0 Å². The van der Waals surface area contributed by atoms with Gasteiger partial charge in [-0.2, -0.15) is 0 Å². The van der Waals surface area contributed by atoms with Crippen LogP contribution >= 0.6 is 0 Å². The summed E-state index contributed by atoms with van der Waals surface area (Å²) in [5.41, 5.74) is 0. The van der Waals surface area contributed by atoms with Gasteiger partial charge in [0.1, 0.15) is 0 Å². The van der Waals surface area contributed by atoms with Crippen molar-refractivity contribution in [3.8, 4) is 0 Å². The van der Waals surface area contributed by atoms with Crippen molar-refractivity contribution in [3.63, 3.8) is 0 Å². The van der Waals surface area contributed by atoms with Gasteiger partial charge in [-0.1, -0.05) is 59.3 Å². The molecule has 0 amide bonds. The largest absolute Gasteiger partial charge is 0.0654 e. The maximum atomic E-state index is 2.42. The fourth-order valence-corrected chi connectivity index (χ4v) is 2.83. The minimum Gasteiger partial charge on any atom is -0.0654 e. The van der Waals surface area contributed by atoms with E-state index < -0.39 is 0 Å². The molecule has 0 radical (unpaired) electrons. The monoisotopic (exact) mass is 196 g/mol. The van der Waals surface area contributed by atoms with E-state index in [0.29, 0.717) is 0 Å². The lowest BCUT2D eigenvalue weighted by Gasteiger charge is -2.35. The van der Waals surface area contributed by atoms with Gasteiger partial charge in [0.2, 0.25) is 0 Å². The van der Waals surface area contributed by atoms with Crippen LogP contribution in [0.15, 0.2) is 0 Å². The van der Waals surface area contributed by atoms with Crippen molar-refractivity contribution >= 4 is 0 Å². The maximum Gasteiger partial charge on any atom is -0.0409 e. The second-order valence-corrected chi connectivity index (χ2v) is 5.44. The van der Waals surface area contributed by atoms with Crippen LogP contribution in [0.5, 0.6) is 0 Å². The van der Waals surface area contributed by atoms with Crippen molar-refractivity contribution in [1.29, 1.82) is 0 Å². The Hall–Kier alpha value is 0. The summed E-state index contributed by atoms with van der Waals surface area (Å²) < 4.78 is 0. The highest BCUT2D eigenvalue weighted by atomic mass is 14.3. The number of hydrogen-bond acceptors (Lipinski definition) is 0. The summed E-state index contributed by atoms with van der Waals surface area (Å²) >= 11 is 0. The zero-order valence-electron chi connectivity index (χ0n) is 10.4. The van der Waals surface area contributed by atoms with Gasteiger partial charge in [0.25, 0.3) is 0 Å². The maximum absolute atomic E-state index is 2.42. The van der Waals surface area contributed by atoms with E-state index in [0.717, 1.165) is 17.8 Å². The minimum absolute atomic E-state index is 0.974. The molecule has 1 aliphatic rings. The predicted octanol–water partition coefficient (Wildman–Crippen LogP) is 5.03. The molecule has 0 aliphatic heterocycles. The van der Waals surface area contributed by atoms with Gasteiger partial charge in [-0.05, 0) is 30.6 Å². The van der Waals surface area contributed by atoms with Gasteiger partial charge in [0, 0.05) is 0 Å². The first-order chi connectivity index (χ1) is 6.76. The molecule has 0 spiro atoms. The lowest BCUT2D eigenvalue weighted by molar-refractivity contribution is 0.171. The van der Waals surface area contributed by atoms with Crippen LogP contribution in [0.3, 0.4) is 0 Å². The van der Waals surface area contributed by atoms with E-state index in [2.05, 4.69) is 20.8 Å². The zero-order valence-corrected chi connectivity index (χ0v) is 10.4. The lowest BCUT2D eigenvalue weighted by Crippen LogP contribution is -2.22. The average Bonchev–Trinajstić information content (AvgIpc) is 2.09. The molecule has 0 saturated heterocycles. The summed E-state index contributed by atoms with van der Waals surface area (Å²) in [6, 6.07) is 0. The van der Waals surface area contributed by atoms with Crippen LogP contribution in [0, 0.1) is 17.8 Å². The van der Waals surface area contributed by atoms with Crippen LogP contribution in [0.4, 0.5) is 0 Å². The predicted molar refractivity (Wildman–Crippen MR) is 64.4 cm³/mol. The number of rotatable bonds is 7. The van der Waals surface area contributed by atoms with Crippen LogP contribution in [0.1, 0.15) is 72.1 Å². The highest BCUT2D eigenvalue weighted by molar-refractivity contribution is 4.78. The summed E-state index contributed by atoms with van der Waals surface area (Å²) in [6.07, 6.45) is 11.8. The summed E-state index contributed by atoms with van der Waals surface area (Å²) in [6.45, 7) is 7.05. The Kier molecular flexibility index (Phi) is 5.59. The van der Waals surface area contributed by atoms with Gasteiger partial charge in [0.15, 0.2) is 0 Å². The minimum atomic E-state index is 0.974. The van der Waals surface area contributed by atoms with Crippen molar-refractivity contribution in [3.05, 3.63) is 0 Å². The molecule has 1 rings (SSSR count). The molecule has 0 bridgehead atoms. The van der Waals surface area contributed by atoms with Crippen molar-refractivity contribution in [2.75, 3.05) is 0 Å². The van der Waals surface area contributed by atoms with E-state index in [4.69, 9.17) is 0 Å². The Morgan fingerprint density at radius 2 is 1.79 bits per heavy atom. The molecule has 0 aromatic rings. The molecular weight excluding hydrogens is 168 g/mol. The Bertz CT molecular complexity index is 133. The first-order valence-corrected chi connectivity index (χ1v) is 6.76. The zero-order chi connectivity index (χ0) is 10.4. The van der Waals surface area contributed by atoms with Crippen molar-refractivity contribution in [1.82, 2.24) is 0 Å². The molecule has 0 heteroatoms. The summed E-state index contributed by atoms with van der Waals surface area (Å²) in [5, 5.41) is 0. The van der Waals surface area contributed by atoms with Crippen molar-refractivity contribution in [2.45, 2.75) is 72.1 Å². The van der Waals surface area contributed by atoms with Gasteiger partial charge in [0.05, 0.1) is 0 Å². The fraction of sp³-hybridized carbons (Fsp3) is 1.00. The molecular formula is C14H28. The lowest BCUT2D eigenvalue weighted by atomic mass is 9.71. The molecule has 0 nitrogen and oxygen atoms in total. The SMILES string of the molecule is CCCC(C)CCCC1CC(CC)C1. The summed E-state index contributed by atoms with van der Waals surface area (Å²) in [4.78, 5) is 0. The van der Waals surface area contributed by atoms with E-state index >= 15 is 0 Å². The average molecular weight is 196 g/mol. The van der Waals surface area contributed by atoms with Gasteiger partial charge in [-0.25, -0.2) is 0 Å².